The number of aromatic amines is 1. The first-order chi connectivity index (χ1) is 8.82. The Morgan fingerprint density at radius 2 is 1.89 bits per heavy atom. The summed E-state index contributed by atoms with van der Waals surface area (Å²) in [5.74, 6) is 0.591. The fraction of sp³-hybridized carbons (Fsp3) is 0.600. The van der Waals surface area contributed by atoms with Crippen LogP contribution in [0, 0.1) is 13.8 Å². The van der Waals surface area contributed by atoms with Gasteiger partial charge in [0.25, 0.3) is 0 Å². The third kappa shape index (κ3) is 1.85. The van der Waals surface area contributed by atoms with E-state index in [0.717, 1.165) is 16.9 Å². The molecule has 0 atom stereocenters. The molecule has 0 spiro atoms. The van der Waals surface area contributed by atoms with E-state index in [1.165, 1.54) is 0 Å². The van der Waals surface area contributed by atoms with Crippen molar-refractivity contribution in [3.05, 3.63) is 17.1 Å². The minimum atomic E-state index is -3.87. The van der Waals surface area contributed by atoms with Gasteiger partial charge >= 0.3 is 10.4 Å². The fourth-order valence-corrected chi connectivity index (χ4v) is 2.93. The van der Waals surface area contributed by atoms with Gasteiger partial charge in [-0.05, 0) is 20.8 Å². The minimum absolute atomic E-state index is 0.0206. The van der Waals surface area contributed by atoms with Crippen LogP contribution in [0.5, 0.6) is 0 Å². The van der Waals surface area contributed by atoms with Crippen molar-refractivity contribution in [3.63, 3.8) is 0 Å². The molecule has 1 saturated heterocycles. The normalized spacial score (nSPS) is 21.8. The minimum Gasteiger partial charge on any atom is -0.295 e. The quantitative estimate of drug-likeness (QED) is 0.805. The molecule has 1 fully saturated rings. The maximum Gasteiger partial charge on any atom is 0.399 e. The molecule has 104 valence electrons. The summed E-state index contributed by atoms with van der Waals surface area (Å²) >= 11 is 0. The van der Waals surface area contributed by atoms with Gasteiger partial charge in [-0.2, -0.15) is 8.42 Å². The van der Waals surface area contributed by atoms with Gasteiger partial charge in [-0.1, -0.05) is 0 Å². The van der Waals surface area contributed by atoms with Crippen molar-refractivity contribution >= 4 is 16.0 Å². The smallest absolute Gasteiger partial charge is 0.295 e. The summed E-state index contributed by atoms with van der Waals surface area (Å²) in [4.78, 5) is 0. The molecule has 8 nitrogen and oxygen atoms in total. The number of aryl methyl sites for hydroxylation is 2. The van der Waals surface area contributed by atoms with Gasteiger partial charge in [0.2, 0.25) is 0 Å². The zero-order chi connectivity index (χ0) is 13.8. The lowest BCUT2D eigenvalue weighted by molar-refractivity contribution is 0.0801. The summed E-state index contributed by atoms with van der Waals surface area (Å²) in [6, 6.07) is 0. The molecule has 0 aromatic carbocycles. The molecule has 9 heteroatoms. The molecule has 1 N–H and O–H groups in total. The van der Waals surface area contributed by atoms with Crippen LogP contribution < -0.4 is 0 Å². The molecule has 0 saturated carbocycles. The van der Waals surface area contributed by atoms with E-state index in [1.54, 1.807) is 4.52 Å². The van der Waals surface area contributed by atoms with Crippen LogP contribution in [0.4, 0.5) is 0 Å². The molecule has 0 radical (unpaired) electrons. The van der Waals surface area contributed by atoms with E-state index < -0.39 is 15.8 Å². The highest BCUT2D eigenvalue weighted by atomic mass is 32.3. The fourth-order valence-electron chi connectivity index (χ4n) is 2.05. The highest BCUT2D eigenvalue weighted by Gasteiger charge is 2.41. The molecule has 19 heavy (non-hydrogen) atoms. The van der Waals surface area contributed by atoms with Crippen LogP contribution in [0.1, 0.15) is 24.0 Å². The number of H-pyrrole nitrogens is 1. The average Bonchev–Trinajstić information content (AvgIpc) is 2.87. The van der Waals surface area contributed by atoms with E-state index in [9.17, 15) is 8.42 Å². The van der Waals surface area contributed by atoms with Crippen LogP contribution in [-0.4, -0.2) is 41.4 Å². The predicted molar refractivity (Wildman–Crippen MR) is 65.0 cm³/mol. The van der Waals surface area contributed by atoms with Crippen molar-refractivity contribution in [2.75, 3.05) is 13.2 Å². The standard InChI is InChI=1S/C10H14N4O4S/c1-6-7(2)13-14-8(6)11-12-9(14)10(3)4-17-19(15,16)18-5-10/h13H,4-5H2,1-3H3. The van der Waals surface area contributed by atoms with Gasteiger partial charge < -0.3 is 0 Å². The average molecular weight is 286 g/mol. The van der Waals surface area contributed by atoms with Crippen molar-refractivity contribution in [3.8, 4) is 0 Å². The monoisotopic (exact) mass is 286 g/mol. The van der Waals surface area contributed by atoms with Crippen LogP contribution >= 0.6 is 0 Å². The Hall–Kier alpha value is -1.45. The second-order valence-electron chi connectivity index (χ2n) is 5.04. The van der Waals surface area contributed by atoms with Gasteiger partial charge in [0.15, 0.2) is 11.5 Å². The van der Waals surface area contributed by atoms with Crippen molar-refractivity contribution in [1.82, 2.24) is 19.8 Å². The lowest BCUT2D eigenvalue weighted by Crippen LogP contribution is -2.42. The van der Waals surface area contributed by atoms with Crippen LogP contribution in [-0.2, 0) is 24.2 Å². The van der Waals surface area contributed by atoms with Crippen LogP contribution in [0.3, 0.4) is 0 Å². The summed E-state index contributed by atoms with van der Waals surface area (Å²) in [6.07, 6.45) is 0. The summed E-state index contributed by atoms with van der Waals surface area (Å²) in [6.45, 7) is 5.67. The molecule has 0 amide bonds. The molecule has 0 aliphatic carbocycles. The molecule has 0 unspecified atom stereocenters. The summed E-state index contributed by atoms with van der Waals surface area (Å²) in [5.41, 5.74) is 2.05. The molecule has 3 heterocycles. The Morgan fingerprint density at radius 1 is 1.26 bits per heavy atom. The molecule has 2 aromatic rings. The van der Waals surface area contributed by atoms with E-state index >= 15 is 0 Å². The van der Waals surface area contributed by atoms with Crippen LogP contribution in [0.2, 0.25) is 0 Å². The SMILES string of the molecule is Cc1[nH]n2c(C3(C)COS(=O)(=O)OC3)nnc2c1C. The second-order valence-corrected chi connectivity index (χ2v) is 6.33. The Morgan fingerprint density at radius 3 is 2.53 bits per heavy atom. The number of rotatable bonds is 1. The summed E-state index contributed by atoms with van der Waals surface area (Å²) < 4.78 is 33.5. The van der Waals surface area contributed by atoms with Crippen molar-refractivity contribution < 1.29 is 16.8 Å². The Labute approximate surface area is 110 Å². The molecular weight excluding hydrogens is 272 g/mol. The third-order valence-electron chi connectivity index (χ3n) is 3.42. The Balaban J connectivity index is 2.07. The third-order valence-corrected chi connectivity index (χ3v) is 4.24. The van der Waals surface area contributed by atoms with Gasteiger partial charge in [0, 0.05) is 11.3 Å². The van der Waals surface area contributed by atoms with Gasteiger partial charge in [0.05, 0.1) is 18.6 Å². The van der Waals surface area contributed by atoms with Crippen LogP contribution in [0.25, 0.3) is 5.65 Å². The topological polar surface area (TPSA) is 98.6 Å². The zero-order valence-corrected chi connectivity index (χ0v) is 11.6. The summed E-state index contributed by atoms with van der Waals surface area (Å²) in [5, 5.41) is 11.4. The number of hydrogen-bond acceptors (Lipinski definition) is 6. The van der Waals surface area contributed by atoms with Crippen molar-refractivity contribution in [2.24, 2.45) is 0 Å². The number of hydrogen-bond donors (Lipinski definition) is 1. The van der Waals surface area contributed by atoms with Crippen molar-refractivity contribution in [1.29, 1.82) is 0 Å². The van der Waals surface area contributed by atoms with Gasteiger partial charge in [-0.15, -0.1) is 10.2 Å². The Kier molecular flexibility index (Phi) is 2.50. The first kappa shape index (κ1) is 12.6. The molecule has 2 aromatic heterocycles. The lowest BCUT2D eigenvalue weighted by atomic mass is 9.92. The maximum atomic E-state index is 11.1. The largest absolute Gasteiger partial charge is 0.399 e. The Bertz CT molecular complexity index is 731. The van der Waals surface area contributed by atoms with Gasteiger partial charge in [0.1, 0.15) is 0 Å². The first-order valence-corrected chi connectivity index (χ1v) is 7.10. The van der Waals surface area contributed by atoms with E-state index in [4.69, 9.17) is 8.37 Å². The molecule has 0 bridgehead atoms. The highest BCUT2D eigenvalue weighted by Crippen LogP contribution is 2.29. The van der Waals surface area contributed by atoms with Crippen molar-refractivity contribution in [2.45, 2.75) is 26.2 Å². The first-order valence-electron chi connectivity index (χ1n) is 5.77. The number of nitrogens with zero attached hydrogens (tertiary/aromatic N) is 3. The number of fused-ring (bicyclic) bond motifs is 1. The predicted octanol–water partition coefficient (Wildman–Crippen LogP) is 0.224. The van der Waals surface area contributed by atoms with E-state index in [2.05, 4.69) is 15.3 Å². The molecule has 1 aliphatic heterocycles. The second kappa shape index (κ2) is 3.78. The van der Waals surface area contributed by atoms with Crippen LogP contribution in [0.15, 0.2) is 0 Å². The maximum absolute atomic E-state index is 11.1. The van der Waals surface area contributed by atoms with Gasteiger partial charge in [-0.25, -0.2) is 12.9 Å². The van der Waals surface area contributed by atoms with E-state index in [1.807, 2.05) is 20.8 Å². The van der Waals surface area contributed by atoms with E-state index in [0.29, 0.717) is 5.82 Å². The zero-order valence-electron chi connectivity index (χ0n) is 10.8. The lowest BCUT2D eigenvalue weighted by Gasteiger charge is -2.29. The van der Waals surface area contributed by atoms with E-state index in [-0.39, 0.29) is 13.2 Å². The van der Waals surface area contributed by atoms with Gasteiger partial charge in [-0.3, -0.25) is 5.10 Å². The summed E-state index contributed by atoms with van der Waals surface area (Å²) in [7, 11) is -3.87. The molecule has 1 aliphatic rings. The number of nitrogens with one attached hydrogen (secondary N) is 1. The number of aromatic nitrogens is 4. The highest BCUT2D eigenvalue weighted by molar-refractivity contribution is 7.81. The molecular formula is C10H14N4O4S. The molecule has 3 rings (SSSR count).